The summed E-state index contributed by atoms with van der Waals surface area (Å²) in [5.41, 5.74) is 3.76. The van der Waals surface area contributed by atoms with Crippen molar-refractivity contribution in [2.75, 3.05) is 5.32 Å². The SMILES string of the molecule is Cc1cc(C)nc(NC2CC(C)(c3ccc(C(C)C)cc3)OC2=O)c1. The van der Waals surface area contributed by atoms with Crippen LogP contribution in [0.25, 0.3) is 0 Å². The minimum atomic E-state index is -0.608. The van der Waals surface area contributed by atoms with Gasteiger partial charge in [-0.25, -0.2) is 9.78 Å². The largest absolute Gasteiger partial charge is 0.453 e. The lowest BCUT2D eigenvalue weighted by molar-refractivity contribution is -0.148. The number of cyclic esters (lactones) is 1. The molecule has 0 bridgehead atoms. The van der Waals surface area contributed by atoms with E-state index in [1.54, 1.807) is 0 Å². The monoisotopic (exact) mass is 338 g/mol. The highest BCUT2D eigenvalue weighted by Gasteiger charge is 2.44. The van der Waals surface area contributed by atoms with Crippen molar-refractivity contribution in [3.63, 3.8) is 0 Å². The Morgan fingerprint density at radius 3 is 2.48 bits per heavy atom. The Kier molecular flexibility index (Phi) is 4.55. The summed E-state index contributed by atoms with van der Waals surface area (Å²) in [6.45, 7) is 10.3. The van der Waals surface area contributed by atoms with Gasteiger partial charge in [0, 0.05) is 12.1 Å². The summed E-state index contributed by atoms with van der Waals surface area (Å²) < 4.78 is 5.75. The highest BCUT2D eigenvalue weighted by molar-refractivity contribution is 5.82. The van der Waals surface area contributed by atoms with E-state index in [0.717, 1.165) is 22.6 Å². The summed E-state index contributed by atoms with van der Waals surface area (Å²) in [7, 11) is 0. The Bertz CT molecular complexity index is 763. The standard InChI is InChI=1S/C21H26N2O2/c1-13(2)16-6-8-17(9-7-16)21(5)12-18(20(24)25-21)23-19-11-14(3)10-15(4)22-19/h6-11,13,18H,12H2,1-5H3,(H,22,23). The maximum atomic E-state index is 12.4. The lowest BCUT2D eigenvalue weighted by Gasteiger charge is -2.23. The average Bonchev–Trinajstić information content (AvgIpc) is 2.81. The first kappa shape index (κ1) is 17.5. The molecule has 0 saturated carbocycles. The van der Waals surface area contributed by atoms with Gasteiger partial charge in [0.25, 0.3) is 0 Å². The molecular formula is C21H26N2O2. The molecule has 0 amide bonds. The van der Waals surface area contributed by atoms with E-state index in [1.165, 1.54) is 5.56 Å². The number of carbonyl (C=O) groups excluding carboxylic acids is 1. The van der Waals surface area contributed by atoms with Crippen molar-refractivity contribution < 1.29 is 9.53 Å². The molecule has 132 valence electrons. The van der Waals surface area contributed by atoms with Crippen molar-refractivity contribution in [1.82, 2.24) is 4.98 Å². The highest BCUT2D eigenvalue weighted by atomic mass is 16.6. The van der Waals surface area contributed by atoms with Crippen molar-refractivity contribution in [1.29, 1.82) is 0 Å². The van der Waals surface area contributed by atoms with Gasteiger partial charge >= 0.3 is 5.97 Å². The molecule has 1 saturated heterocycles. The third-order valence-corrected chi connectivity index (χ3v) is 4.81. The van der Waals surface area contributed by atoms with E-state index in [0.29, 0.717) is 12.3 Å². The van der Waals surface area contributed by atoms with E-state index in [9.17, 15) is 4.79 Å². The number of pyridine rings is 1. The number of nitrogens with zero attached hydrogens (tertiary/aromatic N) is 1. The number of nitrogens with one attached hydrogen (secondary N) is 1. The second kappa shape index (κ2) is 6.51. The van der Waals surface area contributed by atoms with Gasteiger partial charge in [-0.2, -0.15) is 0 Å². The van der Waals surface area contributed by atoms with Gasteiger partial charge in [-0.15, -0.1) is 0 Å². The lowest BCUT2D eigenvalue weighted by atomic mass is 9.89. The molecule has 25 heavy (non-hydrogen) atoms. The smallest absolute Gasteiger partial charge is 0.329 e. The quantitative estimate of drug-likeness (QED) is 0.836. The molecule has 1 aromatic carbocycles. The van der Waals surface area contributed by atoms with Gasteiger partial charge in [0.1, 0.15) is 17.5 Å². The Hall–Kier alpha value is -2.36. The molecule has 0 spiro atoms. The van der Waals surface area contributed by atoms with Crippen LogP contribution in [0.5, 0.6) is 0 Å². The van der Waals surface area contributed by atoms with E-state index in [1.807, 2.05) is 32.9 Å². The number of carbonyl (C=O) groups is 1. The van der Waals surface area contributed by atoms with Gasteiger partial charge in [-0.05, 0) is 55.5 Å². The zero-order chi connectivity index (χ0) is 18.2. The number of benzene rings is 1. The first-order valence-electron chi connectivity index (χ1n) is 8.82. The molecule has 1 aromatic heterocycles. The van der Waals surface area contributed by atoms with Crippen LogP contribution in [-0.4, -0.2) is 17.0 Å². The first-order valence-corrected chi connectivity index (χ1v) is 8.82. The molecule has 4 heteroatoms. The third kappa shape index (κ3) is 3.68. The van der Waals surface area contributed by atoms with Gasteiger partial charge < -0.3 is 10.1 Å². The van der Waals surface area contributed by atoms with Gasteiger partial charge in [0.05, 0.1) is 0 Å². The molecule has 2 aromatic rings. The molecule has 2 unspecified atom stereocenters. The Morgan fingerprint density at radius 2 is 1.88 bits per heavy atom. The molecule has 2 heterocycles. The minimum Gasteiger partial charge on any atom is -0.453 e. The van der Waals surface area contributed by atoms with Crippen LogP contribution in [0.4, 0.5) is 5.82 Å². The number of aromatic nitrogens is 1. The Balaban J connectivity index is 1.78. The molecule has 0 radical (unpaired) electrons. The lowest BCUT2D eigenvalue weighted by Crippen LogP contribution is -2.25. The van der Waals surface area contributed by atoms with Crippen LogP contribution >= 0.6 is 0 Å². The fraction of sp³-hybridized carbons (Fsp3) is 0.429. The van der Waals surface area contributed by atoms with E-state index in [-0.39, 0.29) is 12.0 Å². The molecule has 0 aliphatic carbocycles. The fourth-order valence-electron chi connectivity index (χ4n) is 3.41. The molecule has 4 nitrogen and oxygen atoms in total. The Labute approximate surface area is 149 Å². The molecule has 1 N–H and O–H groups in total. The van der Waals surface area contributed by atoms with Crippen LogP contribution < -0.4 is 5.32 Å². The van der Waals surface area contributed by atoms with Crippen LogP contribution in [0, 0.1) is 13.8 Å². The normalized spacial score (nSPS) is 23.0. The van der Waals surface area contributed by atoms with E-state index in [2.05, 4.69) is 48.4 Å². The number of rotatable bonds is 4. The van der Waals surface area contributed by atoms with Gasteiger partial charge in [-0.1, -0.05) is 38.1 Å². The van der Waals surface area contributed by atoms with Gasteiger partial charge in [-0.3, -0.25) is 0 Å². The molecule has 1 fully saturated rings. The van der Waals surface area contributed by atoms with E-state index in [4.69, 9.17) is 4.74 Å². The van der Waals surface area contributed by atoms with Crippen molar-refractivity contribution >= 4 is 11.8 Å². The van der Waals surface area contributed by atoms with Crippen LogP contribution in [-0.2, 0) is 15.1 Å². The minimum absolute atomic E-state index is 0.226. The molecule has 2 atom stereocenters. The maximum Gasteiger partial charge on any atom is 0.329 e. The number of hydrogen-bond acceptors (Lipinski definition) is 4. The summed E-state index contributed by atoms with van der Waals surface area (Å²) in [6.07, 6.45) is 0.585. The van der Waals surface area contributed by atoms with Crippen molar-refractivity contribution in [3.8, 4) is 0 Å². The van der Waals surface area contributed by atoms with Crippen molar-refractivity contribution in [3.05, 3.63) is 58.8 Å². The van der Waals surface area contributed by atoms with Crippen molar-refractivity contribution in [2.45, 2.75) is 58.6 Å². The number of ether oxygens (including phenoxy) is 1. The van der Waals surface area contributed by atoms with E-state index < -0.39 is 5.60 Å². The topological polar surface area (TPSA) is 51.2 Å². The molecule has 1 aliphatic heterocycles. The molecular weight excluding hydrogens is 312 g/mol. The summed E-state index contributed by atoms with van der Waals surface area (Å²) in [5, 5.41) is 3.24. The molecule has 1 aliphatic rings. The molecule has 3 rings (SSSR count). The summed E-state index contributed by atoms with van der Waals surface area (Å²) in [4.78, 5) is 16.9. The number of aryl methyl sites for hydroxylation is 2. The average molecular weight is 338 g/mol. The van der Waals surface area contributed by atoms with Crippen LogP contribution in [0.3, 0.4) is 0 Å². The van der Waals surface area contributed by atoms with E-state index >= 15 is 0 Å². The highest BCUT2D eigenvalue weighted by Crippen LogP contribution is 2.38. The van der Waals surface area contributed by atoms with Crippen molar-refractivity contribution in [2.24, 2.45) is 0 Å². The number of anilines is 1. The van der Waals surface area contributed by atoms with Crippen LogP contribution in [0.1, 0.15) is 55.5 Å². The zero-order valence-electron chi connectivity index (χ0n) is 15.6. The predicted molar refractivity (Wildman–Crippen MR) is 99.7 cm³/mol. The number of hydrogen-bond donors (Lipinski definition) is 1. The predicted octanol–water partition coefficient (Wildman–Crippen LogP) is 4.46. The van der Waals surface area contributed by atoms with Crippen LogP contribution in [0.15, 0.2) is 36.4 Å². The van der Waals surface area contributed by atoms with Gasteiger partial charge in [0.2, 0.25) is 0 Å². The number of esters is 1. The Morgan fingerprint density at radius 1 is 1.20 bits per heavy atom. The maximum absolute atomic E-state index is 12.4. The summed E-state index contributed by atoms with van der Waals surface area (Å²) in [5.74, 6) is 0.980. The zero-order valence-corrected chi connectivity index (χ0v) is 15.6. The van der Waals surface area contributed by atoms with Gasteiger partial charge in [0.15, 0.2) is 0 Å². The second-order valence-corrected chi connectivity index (χ2v) is 7.50. The fourth-order valence-corrected chi connectivity index (χ4v) is 3.41. The third-order valence-electron chi connectivity index (χ3n) is 4.81. The summed E-state index contributed by atoms with van der Waals surface area (Å²) in [6, 6.07) is 12.0. The summed E-state index contributed by atoms with van der Waals surface area (Å²) >= 11 is 0. The van der Waals surface area contributed by atoms with Crippen LogP contribution in [0.2, 0.25) is 0 Å². The first-order chi connectivity index (χ1) is 11.8. The second-order valence-electron chi connectivity index (χ2n) is 7.50.